The lowest BCUT2D eigenvalue weighted by Gasteiger charge is -2.42. The number of carbonyl (C=O) groups is 2. The first-order valence-electron chi connectivity index (χ1n) is 13.6. The molecule has 216 valence electrons. The molecular formula is C31H28F2N4O5. The highest BCUT2D eigenvalue weighted by molar-refractivity contribution is 5.99. The van der Waals surface area contributed by atoms with Gasteiger partial charge in [0.15, 0.2) is 17.0 Å². The number of rotatable bonds is 6. The number of aromatic nitrogens is 1. The smallest absolute Gasteiger partial charge is 0.275 e. The zero-order chi connectivity index (χ0) is 29.6. The Labute approximate surface area is 240 Å². The van der Waals surface area contributed by atoms with Gasteiger partial charge in [-0.15, -0.1) is 0 Å². The molecule has 42 heavy (non-hydrogen) atoms. The van der Waals surface area contributed by atoms with Gasteiger partial charge in [0.25, 0.3) is 11.8 Å². The molecule has 0 saturated heterocycles. The molecule has 3 aliphatic heterocycles. The molecule has 0 unspecified atom stereocenters. The van der Waals surface area contributed by atoms with Gasteiger partial charge in [0.05, 0.1) is 11.8 Å². The molecule has 0 saturated carbocycles. The average molecular weight is 575 g/mol. The van der Waals surface area contributed by atoms with E-state index in [1.54, 1.807) is 9.47 Å². The lowest BCUT2D eigenvalue weighted by Crippen LogP contribution is -2.53. The Morgan fingerprint density at radius 2 is 1.98 bits per heavy atom. The number of ether oxygens (including phenoxy) is 1. The predicted molar refractivity (Wildman–Crippen MR) is 149 cm³/mol. The first kappa shape index (κ1) is 27.4. The molecule has 2 bridgehead atoms. The Hall–Kier alpha value is -4.80. The van der Waals surface area contributed by atoms with Crippen LogP contribution in [0.3, 0.4) is 0 Å². The molecular weight excluding hydrogens is 546 g/mol. The number of halogens is 2. The second-order valence-corrected chi connectivity index (χ2v) is 10.8. The van der Waals surface area contributed by atoms with E-state index in [4.69, 9.17) is 9.57 Å². The average Bonchev–Trinajstić information content (AvgIpc) is 3.31. The number of carbonyl (C=O) groups excluding carboxylic acids is 2. The van der Waals surface area contributed by atoms with Gasteiger partial charge in [-0.1, -0.05) is 47.6 Å². The van der Waals surface area contributed by atoms with Crippen LogP contribution >= 0.6 is 0 Å². The number of amides is 2. The summed E-state index contributed by atoms with van der Waals surface area (Å²) in [4.78, 5) is 48.8. The molecule has 3 atom stereocenters. The van der Waals surface area contributed by atoms with E-state index in [2.05, 4.69) is 10.5 Å². The Morgan fingerprint density at radius 3 is 2.69 bits per heavy atom. The lowest BCUT2D eigenvalue weighted by atomic mass is 9.87. The maximum absolute atomic E-state index is 14.2. The summed E-state index contributed by atoms with van der Waals surface area (Å²) < 4.78 is 35.2. The third-order valence-electron chi connectivity index (χ3n) is 7.90. The van der Waals surface area contributed by atoms with Crippen molar-refractivity contribution in [2.45, 2.75) is 51.1 Å². The SMILES string of the molecule is CC1=NO[C@@]2(C=C[C@H](C)N3C[C@H]2n2cc(C(=O)NCc4ccc(F)cc4F)c(=O)c(OCc4ccccc4)c2C3=O)C1. The minimum Gasteiger partial charge on any atom is -0.483 e. The molecule has 0 fully saturated rings. The highest BCUT2D eigenvalue weighted by Crippen LogP contribution is 2.43. The van der Waals surface area contributed by atoms with Crippen LogP contribution < -0.4 is 15.5 Å². The predicted octanol–water partition coefficient (Wildman–Crippen LogP) is 4.13. The number of oxime groups is 1. The third kappa shape index (κ3) is 4.74. The molecule has 1 aromatic heterocycles. The van der Waals surface area contributed by atoms with Crippen LogP contribution in [-0.4, -0.2) is 45.2 Å². The van der Waals surface area contributed by atoms with Crippen molar-refractivity contribution in [1.29, 1.82) is 0 Å². The molecule has 0 aliphatic carbocycles. The van der Waals surface area contributed by atoms with E-state index in [0.29, 0.717) is 12.5 Å². The van der Waals surface area contributed by atoms with Crippen LogP contribution in [0.4, 0.5) is 8.78 Å². The van der Waals surface area contributed by atoms with Crippen molar-refractivity contribution >= 4 is 17.5 Å². The van der Waals surface area contributed by atoms with Crippen molar-refractivity contribution in [2.75, 3.05) is 6.54 Å². The Balaban J connectivity index is 1.45. The molecule has 2 amide bonds. The molecule has 2 aromatic carbocycles. The fraction of sp³-hybridized carbons (Fsp3) is 0.290. The second-order valence-electron chi connectivity index (χ2n) is 10.8. The fourth-order valence-electron chi connectivity index (χ4n) is 5.67. The monoisotopic (exact) mass is 574 g/mol. The zero-order valence-electron chi connectivity index (χ0n) is 23.0. The summed E-state index contributed by atoms with van der Waals surface area (Å²) in [6.07, 6.45) is 5.56. The summed E-state index contributed by atoms with van der Waals surface area (Å²) in [5.74, 6) is -3.06. The summed E-state index contributed by atoms with van der Waals surface area (Å²) in [6, 6.07) is 11.3. The molecule has 9 nitrogen and oxygen atoms in total. The van der Waals surface area contributed by atoms with Crippen LogP contribution in [0.5, 0.6) is 5.75 Å². The largest absolute Gasteiger partial charge is 0.483 e. The fourth-order valence-corrected chi connectivity index (χ4v) is 5.67. The highest BCUT2D eigenvalue weighted by Gasteiger charge is 2.52. The van der Waals surface area contributed by atoms with Gasteiger partial charge in [-0.25, -0.2) is 8.78 Å². The van der Waals surface area contributed by atoms with Gasteiger partial charge in [-0.3, -0.25) is 14.4 Å². The first-order chi connectivity index (χ1) is 20.2. The Bertz CT molecular complexity index is 1700. The van der Waals surface area contributed by atoms with Crippen molar-refractivity contribution < 1.29 is 27.9 Å². The van der Waals surface area contributed by atoms with Gasteiger partial charge >= 0.3 is 0 Å². The first-order valence-corrected chi connectivity index (χ1v) is 13.6. The summed E-state index contributed by atoms with van der Waals surface area (Å²) in [6.45, 7) is 3.65. The molecule has 1 N–H and O–H groups in total. The zero-order valence-corrected chi connectivity index (χ0v) is 23.0. The number of hydrogen-bond donors (Lipinski definition) is 1. The molecule has 11 heteroatoms. The van der Waals surface area contributed by atoms with Gasteiger partial charge < -0.3 is 24.4 Å². The summed E-state index contributed by atoms with van der Waals surface area (Å²) >= 11 is 0. The summed E-state index contributed by atoms with van der Waals surface area (Å²) in [5.41, 5.74) is -0.457. The topological polar surface area (TPSA) is 102 Å². The van der Waals surface area contributed by atoms with Gasteiger partial charge in [-0.2, -0.15) is 0 Å². The number of nitrogens with one attached hydrogen (secondary N) is 1. The molecule has 4 heterocycles. The second kappa shape index (κ2) is 10.6. The van der Waals surface area contributed by atoms with Crippen molar-refractivity contribution in [3.63, 3.8) is 0 Å². The van der Waals surface area contributed by atoms with E-state index in [1.807, 2.05) is 56.3 Å². The van der Waals surface area contributed by atoms with Crippen molar-refractivity contribution in [3.05, 3.63) is 111 Å². The third-order valence-corrected chi connectivity index (χ3v) is 7.90. The van der Waals surface area contributed by atoms with Crippen LogP contribution in [0.25, 0.3) is 0 Å². The molecule has 0 radical (unpaired) electrons. The van der Waals surface area contributed by atoms with Gasteiger partial charge in [-0.05, 0) is 31.6 Å². The van der Waals surface area contributed by atoms with E-state index in [-0.39, 0.29) is 48.3 Å². The number of hydrogen-bond acceptors (Lipinski definition) is 6. The number of nitrogens with zero attached hydrogens (tertiary/aromatic N) is 3. The molecule has 3 aromatic rings. The van der Waals surface area contributed by atoms with Crippen LogP contribution in [0.2, 0.25) is 0 Å². The van der Waals surface area contributed by atoms with Gasteiger partial charge in [0.2, 0.25) is 5.43 Å². The lowest BCUT2D eigenvalue weighted by molar-refractivity contribution is -0.0317. The van der Waals surface area contributed by atoms with Crippen LogP contribution in [0, 0.1) is 11.6 Å². The molecule has 1 spiro atoms. The number of pyridine rings is 1. The minimum absolute atomic E-state index is 0.0105. The van der Waals surface area contributed by atoms with Crippen LogP contribution in [-0.2, 0) is 18.0 Å². The van der Waals surface area contributed by atoms with E-state index >= 15 is 0 Å². The minimum atomic E-state index is -0.959. The molecule has 3 aliphatic rings. The number of benzene rings is 2. The van der Waals surface area contributed by atoms with Crippen molar-refractivity contribution in [3.8, 4) is 5.75 Å². The van der Waals surface area contributed by atoms with E-state index < -0.39 is 40.5 Å². The van der Waals surface area contributed by atoms with Gasteiger partial charge in [0.1, 0.15) is 23.8 Å². The maximum Gasteiger partial charge on any atom is 0.275 e. The Kier molecular flexibility index (Phi) is 6.88. The maximum atomic E-state index is 14.2. The quantitative estimate of drug-likeness (QED) is 0.447. The van der Waals surface area contributed by atoms with E-state index in [9.17, 15) is 23.2 Å². The summed E-state index contributed by atoms with van der Waals surface area (Å²) in [5, 5.41) is 6.73. The van der Waals surface area contributed by atoms with E-state index in [0.717, 1.165) is 17.3 Å². The van der Waals surface area contributed by atoms with E-state index in [1.165, 1.54) is 12.3 Å². The normalized spacial score (nSPS) is 22.3. The van der Waals surface area contributed by atoms with Crippen LogP contribution in [0.1, 0.15) is 58.3 Å². The van der Waals surface area contributed by atoms with Crippen LogP contribution in [0.15, 0.2) is 76.8 Å². The van der Waals surface area contributed by atoms with Crippen molar-refractivity contribution in [1.82, 2.24) is 14.8 Å². The Morgan fingerprint density at radius 1 is 1.19 bits per heavy atom. The summed E-state index contributed by atoms with van der Waals surface area (Å²) in [7, 11) is 0. The van der Waals surface area contributed by atoms with Crippen molar-refractivity contribution in [2.24, 2.45) is 5.16 Å². The number of fused-ring (bicyclic) bond motifs is 5. The molecule has 6 rings (SSSR count). The highest BCUT2D eigenvalue weighted by atomic mass is 19.1. The van der Waals surface area contributed by atoms with Gasteiger partial charge in [0, 0.05) is 43.4 Å². The standard InChI is InChI=1S/C31H28F2N4O5/c1-18-13-31(42-35-18)11-10-19(2)36-16-25(31)37-15-23(29(39)34-14-21-8-9-22(32)12-24(21)33)27(38)28(26(37)30(36)40)41-17-20-6-4-3-5-7-20/h3-12,15,19,25H,13-14,16-17H2,1-2H3,(H,34,39)/t19-,25+,31-/m0/s1.